The monoisotopic (exact) mass is 287 g/mol. The molecule has 1 saturated carbocycles. The van der Waals surface area contributed by atoms with Crippen LogP contribution in [0.3, 0.4) is 0 Å². The van der Waals surface area contributed by atoms with Gasteiger partial charge in [0.15, 0.2) is 0 Å². The van der Waals surface area contributed by atoms with Crippen molar-refractivity contribution in [1.82, 2.24) is 4.90 Å². The minimum atomic E-state index is -1.20. The molecule has 0 aromatic heterocycles. The highest BCUT2D eigenvalue weighted by molar-refractivity contribution is 5.86. The molecule has 0 atom stereocenters. The predicted molar refractivity (Wildman–Crippen MR) is 73.6 cm³/mol. The molecule has 0 unspecified atom stereocenters. The van der Waals surface area contributed by atoms with Gasteiger partial charge in [-0.1, -0.05) is 0 Å². The Morgan fingerprint density at radius 3 is 2.20 bits per heavy atom. The fourth-order valence-corrected chi connectivity index (χ4v) is 2.48. The average Bonchev–Trinajstić information content (AvgIpc) is 2.23. The minimum absolute atomic E-state index is 0.104. The first-order chi connectivity index (χ1) is 9.16. The van der Waals surface area contributed by atoms with Gasteiger partial charge in [-0.25, -0.2) is 9.59 Å². The maximum Gasteiger partial charge on any atom is 0.411 e. The van der Waals surface area contributed by atoms with E-state index in [1.54, 1.807) is 27.7 Å². The molecule has 1 N–H and O–H groups in total. The number of carboxylic acid groups (broad SMARTS) is 1. The number of rotatable bonds is 5. The largest absolute Gasteiger partial charge is 0.479 e. The van der Waals surface area contributed by atoms with Gasteiger partial charge in [-0.3, -0.25) is 4.90 Å². The number of carboxylic acids is 1. The molecule has 116 valence electrons. The molecular formula is C14H25NO5. The van der Waals surface area contributed by atoms with Crippen LogP contribution in [-0.2, 0) is 14.3 Å². The fourth-order valence-electron chi connectivity index (χ4n) is 2.48. The summed E-state index contributed by atoms with van der Waals surface area (Å²) in [5.41, 5.74) is -1.84. The van der Waals surface area contributed by atoms with Crippen LogP contribution < -0.4 is 0 Å². The summed E-state index contributed by atoms with van der Waals surface area (Å²) in [6.07, 6.45) is -0.0723. The molecule has 0 aromatic carbocycles. The summed E-state index contributed by atoms with van der Waals surface area (Å²) >= 11 is 0. The molecule has 20 heavy (non-hydrogen) atoms. The van der Waals surface area contributed by atoms with E-state index in [0.29, 0.717) is 26.0 Å². The van der Waals surface area contributed by atoms with E-state index in [-0.39, 0.29) is 6.10 Å². The molecule has 0 aliphatic heterocycles. The first-order valence-electron chi connectivity index (χ1n) is 7.02. The number of likely N-dealkylation sites (N-methyl/N-ethyl adjacent to an activating group) is 1. The summed E-state index contributed by atoms with van der Waals surface area (Å²) in [5, 5.41) is 9.51. The lowest BCUT2D eigenvalue weighted by atomic mass is 9.72. The van der Waals surface area contributed by atoms with Crippen molar-refractivity contribution in [3.05, 3.63) is 0 Å². The lowest BCUT2D eigenvalue weighted by molar-refractivity contribution is -0.171. The minimum Gasteiger partial charge on any atom is -0.479 e. The zero-order valence-electron chi connectivity index (χ0n) is 12.9. The van der Waals surface area contributed by atoms with Gasteiger partial charge in [0.25, 0.3) is 0 Å². The molecule has 0 radical (unpaired) electrons. The van der Waals surface area contributed by atoms with Crippen molar-refractivity contribution in [2.24, 2.45) is 0 Å². The number of ether oxygens (including phenoxy) is 2. The van der Waals surface area contributed by atoms with Gasteiger partial charge in [0.2, 0.25) is 0 Å². The highest BCUT2D eigenvalue weighted by atomic mass is 16.6. The van der Waals surface area contributed by atoms with E-state index < -0.39 is 23.2 Å². The van der Waals surface area contributed by atoms with Crippen LogP contribution >= 0.6 is 0 Å². The molecule has 1 aliphatic rings. The molecule has 6 nitrogen and oxygen atoms in total. The summed E-state index contributed by atoms with van der Waals surface area (Å²) in [5.74, 6) is -0.999. The third kappa shape index (κ3) is 3.42. The quantitative estimate of drug-likeness (QED) is 0.839. The first kappa shape index (κ1) is 16.8. The predicted octanol–water partition coefficient (Wildman–Crippen LogP) is 2.27. The Hall–Kier alpha value is -1.30. The topological polar surface area (TPSA) is 76.1 Å². The molecule has 0 spiro atoms. The van der Waals surface area contributed by atoms with Crippen LogP contribution in [0.5, 0.6) is 0 Å². The molecule has 0 aromatic rings. The molecule has 1 fully saturated rings. The van der Waals surface area contributed by atoms with Crippen LogP contribution in [-0.4, -0.2) is 52.5 Å². The van der Waals surface area contributed by atoms with Gasteiger partial charge in [-0.15, -0.1) is 0 Å². The maximum absolute atomic E-state index is 12.2. The standard InChI is InChI=1S/C14H25NO5/c1-6-15(12(18)20-13(3,4)5)14(11(16)17)8-10(9-14)19-7-2/h10H,6-9H2,1-5H3,(H,16,17). The van der Waals surface area contributed by atoms with Gasteiger partial charge >= 0.3 is 12.1 Å². The zero-order chi connectivity index (χ0) is 15.6. The van der Waals surface area contributed by atoms with Crippen LogP contribution in [0.25, 0.3) is 0 Å². The molecule has 1 aliphatic carbocycles. The first-order valence-corrected chi connectivity index (χ1v) is 7.02. The van der Waals surface area contributed by atoms with E-state index in [1.807, 2.05) is 6.92 Å². The Bertz CT molecular complexity index is 368. The molecular weight excluding hydrogens is 262 g/mol. The second-order valence-corrected chi connectivity index (χ2v) is 6.05. The van der Waals surface area contributed by atoms with Crippen molar-refractivity contribution >= 4 is 12.1 Å². The van der Waals surface area contributed by atoms with Crippen LogP contribution in [0, 0.1) is 0 Å². The number of hydrogen-bond donors (Lipinski definition) is 1. The van der Waals surface area contributed by atoms with Crippen molar-refractivity contribution in [2.45, 2.75) is 64.7 Å². The average molecular weight is 287 g/mol. The number of hydrogen-bond acceptors (Lipinski definition) is 4. The van der Waals surface area contributed by atoms with Crippen LogP contribution in [0.1, 0.15) is 47.5 Å². The zero-order valence-corrected chi connectivity index (χ0v) is 12.9. The highest BCUT2D eigenvalue weighted by Crippen LogP contribution is 2.40. The molecule has 6 heteroatoms. The maximum atomic E-state index is 12.2. The van der Waals surface area contributed by atoms with Gasteiger partial charge in [0, 0.05) is 26.0 Å². The molecule has 1 amide bonds. The molecule has 0 heterocycles. The number of aliphatic carboxylic acids is 1. The Morgan fingerprint density at radius 2 is 1.85 bits per heavy atom. The third-order valence-corrected chi connectivity index (χ3v) is 3.38. The second kappa shape index (κ2) is 5.99. The smallest absolute Gasteiger partial charge is 0.411 e. The fraction of sp³-hybridized carbons (Fsp3) is 0.857. The summed E-state index contributed by atoms with van der Waals surface area (Å²) in [6.45, 7) is 9.73. The molecule has 0 saturated heterocycles. The molecule has 0 bridgehead atoms. The highest BCUT2D eigenvalue weighted by Gasteiger charge is 2.57. The van der Waals surface area contributed by atoms with Crippen molar-refractivity contribution < 1.29 is 24.2 Å². The van der Waals surface area contributed by atoms with Crippen molar-refractivity contribution in [3.63, 3.8) is 0 Å². The van der Waals surface area contributed by atoms with E-state index in [9.17, 15) is 14.7 Å². The third-order valence-electron chi connectivity index (χ3n) is 3.38. The van der Waals surface area contributed by atoms with Crippen LogP contribution in [0.4, 0.5) is 4.79 Å². The van der Waals surface area contributed by atoms with Gasteiger partial charge < -0.3 is 14.6 Å². The Morgan fingerprint density at radius 1 is 1.30 bits per heavy atom. The summed E-state index contributed by atoms with van der Waals surface area (Å²) in [4.78, 5) is 25.1. The Balaban J connectivity index is 2.85. The number of amides is 1. The van der Waals surface area contributed by atoms with E-state index in [0.717, 1.165) is 0 Å². The van der Waals surface area contributed by atoms with Gasteiger partial charge in [0.05, 0.1) is 6.10 Å². The SMILES string of the molecule is CCOC1CC(C(=O)O)(N(CC)C(=O)OC(C)(C)C)C1. The number of nitrogens with zero attached hydrogens (tertiary/aromatic N) is 1. The normalized spacial score (nSPS) is 25.8. The van der Waals surface area contributed by atoms with Crippen LogP contribution in [0.15, 0.2) is 0 Å². The van der Waals surface area contributed by atoms with Gasteiger partial charge in [0.1, 0.15) is 11.1 Å². The van der Waals surface area contributed by atoms with Gasteiger partial charge in [-0.05, 0) is 34.6 Å². The lowest BCUT2D eigenvalue weighted by Gasteiger charge is -2.50. The van der Waals surface area contributed by atoms with E-state index in [2.05, 4.69) is 0 Å². The summed E-state index contributed by atoms with van der Waals surface area (Å²) < 4.78 is 10.7. The summed E-state index contributed by atoms with van der Waals surface area (Å²) in [6, 6.07) is 0. The number of carbonyl (C=O) groups is 2. The second-order valence-electron chi connectivity index (χ2n) is 6.05. The van der Waals surface area contributed by atoms with Crippen molar-refractivity contribution in [3.8, 4) is 0 Å². The van der Waals surface area contributed by atoms with E-state index in [1.165, 1.54) is 4.90 Å². The van der Waals surface area contributed by atoms with E-state index in [4.69, 9.17) is 9.47 Å². The van der Waals surface area contributed by atoms with Crippen LogP contribution in [0.2, 0.25) is 0 Å². The Labute approximate surface area is 120 Å². The van der Waals surface area contributed by atoms with Crippen molar-refractivity contribution in [1.29, 1.82) is 0 Å². The number of carbonyl (C=O) groups excluding carboxylic acids is 1. The lowest BCUT2D eigenvalue weighted by Crippen LogP contribution is -2.66. The van der Waals surface area contributed by atoms with E-state index >= 15 is 0 Å². The Kier molecular flexibility index (Phi) is 5.02. The summed E-state index contributed by atoms with van der Waals surface area (Å²) in [7, 11) is 0. The van der Waals surface area contributed by atoms with Gasteiger partial charge in [-0.2, -0.15) is 0 Å². The van der Waals surface area contributed by atoms with Crippen molar-refractivity contribution in [2.75, 3.05) is 13.2 Å². The molecule has 1 rings (SSSR count).